The van der Waals surface area contributed by atoms with Gasteiger partial charge in [-0.1, -0.05) is 12.1 Å². The number of benzene rings is 1. The summed E-state index contributed by atoms with van der Waals surface area (Å²) in [5.74, 6) is 0.286. The number of nitrogens with zero attached hydrogens (tertiary/aromatic N) is 3. The molecule has 2 unspecified atom stereocenters. The van der Waals surface area contributed by atoms with Crippen LogP contribution in [-0.4, -0.2) is 20.3 Å². The molecular formula is C23H20N4O. The van der Waals surface area contributed by atoms with Crippen molar-refractivity contribution in [2.24, 2.45) is 5.92 Å². The maximum atomic E-state index is 12.7. The predicted molar refractivity (Wildman–Crippen MR) is 109 cm³/mol. The number of pyridine rings is 1. The second-order valence-corrected chi connectivity index (χ2v) is 7.34. The fourth-order valence-electron chi connectivity index (χ4n) is 3.71. The van der Waals surface area contributed by atoms with Crippen molar-refractivity contribution in [3.8, 4) is 11.1 Å². The number of hydrogen-bond donors (Lipinski definition) is 1. The number of amides is 1. The van der Waals surface area contributed by atoms with E-state index < -0.39 is 0 Å². The van der Waals surface area contributed by atoms with Gasteiger partial charge in [-0.15, -0.1) is 0 Å². The predicted octanol–water partition coefficient (Wildman–Crippen LogP) is 4.45. The van der Waals surface area contributed by atoms with E-state index in [1.807, 2.05) is 65.3 Å². The zero-order chi connectivity index (χ0) is 19.1. The molecule has 0 saturated heterocycles. The molecule has 28 heavy (non-hydrogen) atoms. The smallest absolute Gasteiger partial charge is 0.228 e. The highest BCUT2D eigenvalue weighted by Crippen LogP contribution is 2.47. The summed E-state index contributed by atoms with van der Waals surface area (Å²) >= 11 is 0. The van der Waals surface area contributed by atoms with Gasteiger partial charge in [0.25, 0.3) is 0 Å². The molecule has 1 N–H and O–H groups in total. The summed E-state index contributed by atoms with van der Waals surface area (Å²) < 4.78 is 2.00. The Morgan fingerprint density at radius 2 is 2.07 bits per heavy atom. The Labute approximate surface area is 163 Å². The molecule has 5 rings (SSSR count). The third-order valence-corrected chi connectivity index (χ3v) is 5.38. The molecule has 5 heteroatoms. The van der Waals surface area contributed by atoms with Crippen LogP contribution in [0.25, 0.3) is 16.8 Å². The standard InChI is InChI=1S/C23H20N4O/c1-15-7-8-17(11-18(15)16-13-25-22-6-4-10-27(22)14-16)26-23(28)20-12-19(20)21-5-2-3-9-24-21/h2-11,13-14,19-20H,12H2,1H3,(H,26,28). The van der Waals surface area contributed by atoms with Crippen LogP contribution < -0.4 is 5.32 Å². The van der Waals surface area contributed by atoms with Crippen LogP contribution in [0.15, 0.2) is 73.3 Å². The average molecular weight is 368 g/mol. The molecule has 1 aromatic carbocycles. The molecule has 0 radical (unpaired) electrons. The number of fused-ring (bicyclic) bond motifs is 1. The zero-order valence-electron chi connectivity index (χ0n) is 15.5. The zero-order valence-corrected chi connectivity index (χ0v) is 15.5. The average Bonchev–Trinajstić information content (AvgIpc) is 3.40. The lowest BCUT2D eigenvalue weighted by atomic mass is 10.0. The Morgan fingerprint density at radius 1 is 1.14 bits per heavy atom. The van der Waals surface area contributed by atoms with Crippen molar-refractivity contribution in [3.63, 3.8) is 0 Å². The highest BCUT2D eigenvalue weighted by atomic mass is 16.2. The number of aryl methyl sites for hydroxylation is 1. The molecule has 4 aromatic rings. The van der Waals surface area contributed by atoms with Gasteiger partial charge in [0.15, 0.2) is 0 Å². The van der Waals surface area contributed by atoms with Gasteiger partial charge in [-0.05, 0) is 60.9 Å². The van der Waals surface area contributed by atoms with E-state index in [9.17, 15) is 4.79 Å². The first-order valence-corrected chi connectivity index (χ1v) is 9.44. The van der Waals surface area contributed by atoms with Crippen LogP contribution in [0.5, 0.6) is 0 Å². The number of hydrogen-bond acceptors (Lipinski definition) is 3. The highest BCUT2D eigenvalue weighted by molar-refractivity contribution is 5.95. The van der Waals surface area contributed by atoms with Crippen molar-refractivity contribution in [2.75, 3.05) is 5.32 Å². The van der Waals surface area contributed by atoms with Crippen LogP contribution in [0.4, 0.5) is 5.69 Å². The van der Waals surface area contributed by atoms with E-state index in [1.54, 1.807) is 6.20 Å². The van der Waals surface area contributed by atoms with Gasteiger partial charge >= 0.3 is 0 Å². The third kappa shape index (κ3) is 3.05. The molecule has 0 spiro atoms. The lowest BCUT2D eigenvalue weighted by molar-refractivity contribution is -0.117. The first-order chi connectivity index (χ1) is 13.7. The van der Waals surface area contributed by atoms with Crippen LogP contribution in [-0.2, 0) is 4.79 Å². The van der Waals surface area contributed by atoms with E-state index in [1.165, 1.54) is 0 Å². The number of anilines is 1. The van der Waals surface area contributed by atoms with Gasteiger partial charge in [0, 0.05) is 53.6 Å². The SMILES string of the molecule is Cc1ccc(NC(=O)C2CC2c2ccccn2)cc1-c1cnc2cccn2c1. The van der Waals surface area contributed by atoms with E-state index in [0.29, 0.717) is 0 Å². The molecule has 2 atom stereocenters. The molecule has 138 valence electrons. The lowest BCUT2D eigenvalue weighted by Crippen LogP contribution is -2.14. The Hall–Kier alpha value is -3.47. The molecule has 3 aromatic heterocycles. The minimum atomic E-state index is -0.00227. The van der Waals surface area contributed by atoms with Crippen molar-refractivity contribution in [2.45, 2.75) is 19.3 Å². The molecular weight excluding hydrogens is 348 g/mol. The molecule has 3 heterocycles. The van der Waals surface area contributed by atoms with Gasteiger partial charge in [0.2, 0.25) is 5.91 Å². The summed E-state index contributed by atoms with van der Waals surface area (Å²) in [6, 6.07) is 15.8. The van der Waals surface area contributed by atoms with Crippen molar-refractivity contribution in [3.05, 3.63) is 84.6 Å². The summed E-state index contributed by atoms with van der Waals surface area (Å²) in [5.41, 5.74) is 5.96. The number of rotatable bonds is 4. The number of aromatic nitrogens is 3. The summed E-state index contributed by atoms with van der Waals surface area (Å²) in [6.45, 7) is 2.07. The van der Waals surface area contributed by atoms with E-state index in [-0.39, 0.29) is 17.7 Å². The number of carbonyl (C=O) groups is 1. The second-order valence-electron chi connectivity index (χ2n) is 7.34. The van der Waals surface area contributed by atoms with Crippen LogP contribution in [0, 0.1) is 12.8 Å². The minimum Gasteiger partial charge on any atom is -0.326 e. The second kappa shape index (κ2) is 6.60. The van der Waals surface area contributed by atoms with Gasteiger partial charge in [-0.3, -0.25) is 9.78 Å². The molecule has 5 nitrogen and oxygen atoms in total. The van der Waals surface area contributed by atoms with Crippen LogP contribution >= 0.6 is 0 Å². The molecule has 1 aliphatic rings. The quantitative estimate of drug-likeness (QED) is 0.579. The molecule has 1 amide bonds. The Balaban J connectivity index is 1.36. The molecule has 1 aliphatic carbocycles. The van der Waals surface area contributed by atoms with E-state index >= 15 is 0 Å². The summed E-state index contributed by atoms with van der Waals surface area (Å²) in [6.07, 6.45) is 8.56. The van der Waals surface area contributed by atoms with Crippen molar-refractivity contribution < 1.29 is 4.79 Å². The Morgan fingerprint density at radius 3 is 2.93 bits per heavy atom. The monoisotopic (exact) mass is 368 g/mol. The largest absolute Gasteiger partial charge is 0.326 e. The summed E-state index contributed by atoms with van der Waals surface area (Å²) in [5, 5.41) is 3.08. The van der Waals surface area contributed by atoms with Crippen molar-refractivity contribution >= 4 is 17.2 Å². The van der Waals surface area contributed by atoms with E-state index in [2.05, 4.69) is 28.4 Å². The Bertz CT molecular complexity index is 1170. The maximum absolute atomic E-state index is 12.7. The fourth-order valence-corrected chi connectivity index (χ4v) is 3.71. The van der Waals surface area contributed by atoms with Crippen LogP contribution in [0.3, 0.4) is 0 Å². The van der Waals surface area contributed by atoms with Crippen LogP contribution in [0.1, 0.15) is 23.6 Å². The van der Waals surface area contributed by atoms with E-state index in [4.69, 9.17) is 0 Å². The summed E-state index contributed by atoms with van der Waals surface area (Å²) in [4.78, 5) is 21.6. The van der Waals surface area contributed by atoms with Gasteiger partial charge in [-0.2, -0.15) is 0 Å². The molecule has 0 bridgehead atoms. The highest BCUT2D eigenvalue weighted by Gasteiger charge is 2.44. The molecule has 1 fully saturated rings. The minimum absolute atomic E-state index is 0.00227. The van der Waals surface area contributed by atoms with Crippen molar-refractivity contribution in [1.29, 1.82) is 0 Å². The number of carbonyl (C=O) groups excluding carboxylic acids is 1. The Kier molecular flexibility index (Phi) is 3.93. The van der Waals surface area contributed by atoms with E-state index in [0.717, 1.165) is 40.1 Å². The molecule has 0 aliphatic heterocycles. The van der Waals surface area contributed by atoms with Gasteiger partial charge in [0.1, 0.15) is 5.65 Å². The van der Waals surface area contributed by atoms with Gasteiger partial charge in [-0.25, -0.2) is 4.98 Å². The van der Waals surface area contributed by atoms with Gasteiger partial charge < -0.3 is 9.72 Å². The maximum Gasteiger partial charge on any atom is 0.228 e. The lowest BCUT2D eigenvalue weighted by Gasteiger charge is -2.11. The number of nitrogens with one attached hydrogen (secondary N) is 1. The first-order valence-electron chi connectivity index (χ1n) is 9.44. The fraction of sp³-hybridized carbons (Fsp3) is 0.174. The van der Waals surface area contributed by atoms with Gasteiger partial charge in [0.05, 0.1) is 0 Å². The third-order valence-electron chi connectivity index (χ3n) is 5.38. The summed E-state index contributed by atoms with van der Waals surface area (Å²) in [7, 11) is 0. The van der Waals surface area contributed by atoms with Crippen LogP contribution in [0.2, 0.25) is 0 Å². The first kappa shape index (κ1) is 16.7. The topological polar surface area (TPSA) is 59.3 Å². The van der Waals surface area contributed by atoms with Crippen molar-refractivity contribution in [1.82, 2.24) is 14.4 Å². The normalized spacial score (nSPS) is 18.2. The molecule has 1 saturated carbocycles.